The number of nitrogens with one attached hydrogen (secondary N) is 1. The Morgan fingerprint density at radius 1 is 1.44 bits per heavy atom. The molecule has 0 atom stereocenters. The second kappa shape index (κ2) is 2.87. The van der Waals surface area contributed by atoms with E-state index < -0.39 is 10.1 Å². The van der Waals surface area contributed by atoms with Crippen LogP contribution >= 0.6 is 0 Å². The van der Waals surface area contributed by atoms with Crippen molar-refractivity contribution < 1.29 is 12.7 Å². The normalized spacial score (nSPS) is 9.11. The lowest BCUT2D eigenvalue weighted by molar-refractivity contribution is 0.262. The van der Waals surface area contributed by atoms with Crippen molar-refractivity contribution in [1.82, 2.24) is 5.48 Å². The maximum Gasteiger partial charge on any atom is 0.384 e. The van der Waals surface area contributed by atoms with Crippen LogP contribution in [-0.4, -0.2) is 8.42 Å². The monoisotopic (exact) mass is 147 g/mol. The molecule has 9 heavy (non-hydrogen) atoms. The van der Waals surface area contributed by atoms with Gasteiger partial charge in [-0.3, -0.25) is 0 Å². The van der Waals surface area contributed by atoms with E-state index in [0.717, 1.165) is 11.6 Å². The average Bonchev–Trinajstić information content (AvgIpc) is 1.84. The summed E-state index contributed by atoms with van der Waals surface area (Å²) < 4.78 is 23.5. The lowest BCUT2D eigenvalue weighted by atomic mass is 11.5. The lowest BCUT2D eigenvalue weighted by Gasteiger charge is -1.87. The molecule has 0 bridgehead atoms. The molecule has 0 saturated heterocycles. The standard InChI is InChI=1S/C2HN3O3S/c3-1-5-8-9(6,7)2-4/h5H. The SMILES string of the molecule is N#CNOS(=O)(=O)C#N. The fourth-order valence-corrected chi connectivity index (χ4v) is 0.276. The molecule has 0 aromatic carbocycles. The smallest absolute Gasteiger partial charge is 0.183 e. The highest BCUT2D eigenvalue weighted by Crippen LogP contribution is 1.82. The van der Waals surface area contributed by atoms with E-state index >= 15 is 0 Å². The zero-order chi connectivity index (χ0) is 7.33. The topological polar surface area (TPSA) is 103 Å². The maximum absolute atomic E-state index is 9.96. The van der Waals surface area contributed by atoms with E-state index in [-0.39, 0.29) is 0 Å². The second-order valence-corrected chi connectivity index (χ2v) is 2.10. The van der Waals surface area contributed by atoms with Crippen LogP contribution in [0.4, 0.5) is 0 Å². The van der Waals surface area contributed by atoms with E-state index in [9.17, 15) is 8.42 Å². The van der Waals surface area contributed by atoms with Gasteiger partial charge in [-0.2, -0.15) is 24.4 Å². The van der Waals surface area contributed by atoms with E-state index in [1.54, 1.807) is 0 Å². The first kappa shape index (κ1) is 7.69. The van der Waals surface area contributed by atoms with Crippen LogP contribution in [0.3, 0.4) is 0 Å². The Balaban J connectivity index is 3.99. The van der Waals surface area contributed by atoms with Gasteiger partial charge in [0.1, 0.15) is 0 Å². The van der Waals surface area contributed by atoms with Crippen LogP contribution in [0.25, 0.3) is 0 Å². The quantitative estimate of drug-likeness (QED) is 0.228. The molecule has 0 aromatic heterocycles. The Morgan fingerprint density at radius 3 is 2.33 bits per heavy atom. The predicted molar refractivity (Wildman–Crippen MR) is 24.4 cm³/mol. The Kier molecular flexibility index (Phi) is 2.45. The average molecular weight is 147 g/mol. The van der Waals surface area contributed by atoms with Crippen molar-refractivity contribution in [3.63, 3.8) is 0 Å². The first-order valence-corrected chi connectivity index (χ1v) is 3.01. The van der Waals surface area contributed by atoms with E-state index in [1.807, 2.05) is 0 Å². The van der Waals surface area contributed by atoms with E-state index in [2.05, 4.69) is 4.28 Å². The number of nitrogens with zero attached hydrogens (tertiary/aromatic N) is 2. The second-order valence-electron chi connectivity index (χ2n) is 0.843. The summed E-state index contributed by atoms with van der Waals surface area (Å²) >= 11 is 0. The summed E-state index contributed by atoms with van der Waals surface area (Å²) in [5, 5.41) is 16.2. The van der Waals surface area contributed by atoms with Crippen LogP contribution in [0.2, 0.25) is 0 Å². The van der Waals surface area contributed by atoms with E-state index in [1.165, 1.54) is 5.48 Å². The van der Waals surface area contributed by atoms with Gasteiger partial charge in [0.2, 0.25) is 11.6 Å². The molecule has 0 amide bonds. The van der Waals surface area contributed by atoms with Crippen LogP contribution in [0.1, 0.15) is 0 Å². The summed E-state index contributed by atoms with van der Waals surface area (Å²) in [6, 6.07) is 0. The molecule has 0 heterocycles. The van der Waals surface area contributed by atoms with Crippen LogP contribution < -0.4 is 5.48 Å². The Bertz CT molecular complexity index is 254. The van der Waals surface area contributed by atoms with Gasteiger partial charge >= 0.3 is 10.1 Å². The third-order valence-electron chi connectivity index (χ3n) is 0.309. The molecule has 0 saturated carbocycles. The Labute approximate surface area is 51.3 Å². The fraction of sp³-hybridized carbons (Fsp3) is 0. The van der Waals surface area contributed by atoms with Crippen molar-refractivity contribution in [3.8, 4) is 11.6 Å². The molecule has 0 aliphatic heterocycles. The Morgan fingerprint density at radius 2 is 2.00 bits per heavy atom. The summed E-state index contributed by atoms with van der Waals surface area (Å²) in [6.45, 7) is 0. The van der Waals surface area contributed by atoms with Crippen molar-refractivity contribution in [2.45, 2.75) is 0 Å². The minimum absolute atomic E-state index is 0.812. The van der Waals surface area contributed by atoms with Crippen molar-refractivity contribution in [1.29, 1.82) is 10.5 Å². The molecule has 0 unspecified atom stereocenters. The van der Waals surface area contributed by atoms with Gasteiger partial charge in [0, 0.05) is 0 Å². The van der Waals surface area contributed by atoms with Gasteiger partial charge < -0.3 is 0 Å². The van der Waals surface area contributed by atoms with Gasteiger partial charge in [-0.1, -0.05) is 0 Å². The molecule has 7 heteroatoms. The molecular weight excluding hydrogens is 146 g/mol. The van der Waals surface area contributed by atoms with Crippen LogP contribution in [0.15, 0.2) is 0 Å². The molecule has 0 spiro atoms. The highest BCUT2D eigenvalue weighted by molar-refractivity contribution is 7.91. The lowest BCUT2D eigenvalue weighted by Crippen LogP contribution is -2.12. The van der Waals surface area contributed by atoms with Gasteiger partial charge in [-0.15, -0.1) is 4.28 Å². The molecule has 0 aliphatic rings. The van der Waals surface area contributed by atoms with Crippen LogP contribution in [0.5, 0.6) is 0 Å². The molecule has 0 radical (unpaired) electrons. The first-order chi connectivity index (χ1) is 4.12. The zero-order valence-corrected chi connectivity index (χ0v) is 4.84. The highest BCUT2D eigenvalue weighted by atomic mass is 32.2. The molecule has 6 nitrogen and oxygen atoms in total. The van der Waals surface area contributed by atoms with Crippen molar-refractivity contribution >= 4 is 10.1 Å². The molecule has 0 aliphatic carbocycles. The van der Waals surface area contributed by atoms with Gasteiger partial charge in [0.15, 0.2) is 0 Å². The minimum atomic E-state index is -4.21. The van der Waals surface area contributed by atoms with E-state index in [4.69, 9.17) is 10.5 Å². The Hall–Kier alpha value is -1.31. The maximum atomic E-state index is 9.96. The van der Waals surface area contributed by atoms with Gasteiger partial charge in [-0.05, 0) is 0 Å². The third kappa shape index (κ3) is 3.29. The molecular formula is C2HN3O3S. The van der Waals surface area contributed by atoms with Crippen LogP contribution in [0, 0.1) is 22.1 Å². The summed E-state index contributed by atoms with van der Waals surface area (Å²) in [6.07, 6.45) is 1.16. The number of rotatable bonds is 2. The summed E-state index contributed by atoms with van der Waals surface area (Å²) in [5.41, 5.74) is 1.33. The number of hydroxylamine groups is 1. The van der Waals surface area contributed by atoms with Crippen molar-refractivity contribution in [2.75, 3.05) is 0 Å². The third-order valence-corrected chi connectivity index (χ3v) is 0.835. The first-order valence-electron chi connectivity index (χ1n) is 1.61. The largest absolute Gasteiger partial charge is 0.384 e. The number of nitriles is 2. The number of thiocyanates is 1. The summed E-state index contributed by atoms with van der Waals surface area (Å²) in [4.78, 5) is 0. The summed E-state index contributed by atoms with van der Waals surface area (Å²) in [5.74, 6) is 0. The van der Waals surface area contributed by atoms with Gasteiger partial charge in [0.25, 0.3) is 0 Å². The zero-order valence-electron chi connectivity index (χ0n) is 4.03. The molecule has 1 N–H and O–H groups in total. The molecule has 0 aromatic rings. The number of hydrogen-bond acceptors (Lipinski definition) is 6. The predicted octanol–water partition coefficient (Wildman–Crippen LogP) is -1.20. The van der Waals surface area contributed by atoms with Gasteiger partial charge in [0.05, 0.1) is 0 Å². The molecule has 0 rings (SSSR count). The molecule has 0 fully saturated rings. The van der Waals surface area contributed by atoms with Crippen molar-refractivity contribution in [3.05, 3.63) is 0 Å². The van der Waals surface area contributed by atoms with E-state index in [0.29, 0.717) is 0 Å². The summed E-state index contributed by atoms with van der Waals surface area (Å²) in [7, 11) is -4.21. The number of hydrogen-bond donors (Lipinski definition) is 1. The van der Waals surface area contributed by atoms with Gasteiger partial charge in [-0.25, -0.2) is 0 Å². The highest BCUT2D eigenvalue weighted by Gasteiger charge is 2.06. The van der Waals surface area contributed by atoms with Crippen molar-refractivity contribution in [2.24, 2.45) is 0 Å². The van der Waals surface area contributed by atoms with Crippen LogP contribution in [-0.2, 0) is 14.4 Å². The minimum Gasteiger partial charge on any atom is -0.183 e. The fourth-order valence-electron chi connectivity index (χ4n) is 0.0921. The molecule has 48 valence electrons.